The summed E-state index contributed by atoms with van der Waals surface area (Å²) in [6, 6.07) is 2.07. The number of anilines is 2. The lowest BCUT2D eigenvalue weighted by atomic mass is 10.2. The summed E-state index contributed by atoms with van der Waals surface area (Å²) >= 11 is 1.60. The number of alkyl halides is 3. The molecule has 4 rings (SSSR count). The Balaban J connectivity index is 1.68. The molecular formula is C20H25F3N8OS. The minimum Gasteiger partial charge on any atom is -0.355 e. The van der Waals surface area contributed by atoms with Gasteiger partial charge >= 0.3 is 6.18 Å². The van der Waals surface area contributed by atoms with Crippen LogP contribution >= 0.6 is 11.3 Å². The Kier molecular flexibility index (Phi) is 6.41. The smallest absolute Gasteiger partial charge is 0.355 e. The van der Waals surface area contributed by atoms with Crippen molar-refractivity contribution in [1.29, 1.82) is 0 Å². The van der Waals surface area contributed by atoms with Gasteiger partial charge in [0.05, 0.1) is 11.9 Å². The van der Waals surface area contributed by atoms with Crippen molar-refractivity contribution in [1.82, 2.24) is 30.0 Å². The quantitative estimate of drug-likeness (QED) is 0.554. The maximum atomic E-state index is 13.2. The Hall–Kier alpha value is -2.96. The lowest BCUT2D eigenvalue weighted by molar-refractivity contribution is -0.147. The Labute approximate surface area is 192 Å². The average molecular weight is 483 g/mol. The van der Waals surface area contributed by atoms with Crippen LogP contribution in [0.2, 0.25) is 0 Å². The van der Waals surface area contributed by atoms with Crippen molar-refractivity contribution in [2.75, 3.05) is 36.5 Å². The van der Waals surface area contributed by atoms with Gasteiger partial charge < -0.3 is 19.7 Å². The fraction of sp³-hybridized carbons (Fsp3) is 0.550. The first-order chi connectivity index (χ1) is 15.7. The number of nitrogens with one attached hydrogen (secondary N) is 1. The van der Waals surface area contributed by atoms with Crippen LogP contribution in [0.4, 0.5) is 24.9 Å². The van der Waals surface area contributed by atoms with Crippen LogP contribution in [-0.2, 0) is 30.5 Å². The number of hydrogen-bond acceptors (Lipinski definition) is 8. The van der Waals surface area contributed by atoms with Gasteiger partial charge in [0, 0.05) is 45.0 Å². The number of carbonyl (C=O) groups is 1. The molecule has 0 fully saturated rings. The highest BCUT2D eigenvalue weighted by Gasteiger charge is 2.39. The third kappa shape index (κ3) is 4.87. The molecule has 0 saturated heterocycles. The maximum absolute atomic E-state index is 13.2. The van der Waals surface area contributed by atoms with E-state index in [9.17, 15) is 18.0 Å². The SMILES string of the molecule is CCCc1cc2c(N3CCn4c(nnc4C(F)(F)F)C3)nc(N(C)CCNC(C)=O)nc2s1. The molecule has 0 radical (unpaired) electrons. The minimum absolute atomic E-state index is 0.112. The molecule has 178 valence electrons. The second-order valence-corrected chi connectivity index (χ2v) is 9.06. The normalized spacial score (nSPS) is 13.9. The van der Waals surface area contributed by atoms with Gasteiger partial charge in [0.25, 0.3) is 0 Å². The van der Waals surface area contributed by atoms with E-state index in [1.54, 1.807) is 11.3 Å². The Morgan fingerprint density at radius 3 is 2.76 bits per heavy atom. The number of aromatic nitrogens is 5. The molecule has 0 atom stereocenters. The van der Waals surface area contributed by atoms with Crippen LogP contribution in [-0.4, -0.2) is 57.3 Å². The highest BCUT2D eigenvalue weighted by molar-refractivity contribution is 7.18. The molecule has 1 aliphatic heterocycles. The van der Waals surface area contributed by atoms with Gasteiger partial charge in [-0.25, -0.2) is 4.98 Å². The lowest BCUT2D eigenvalue weighted by Gasteiger charge is -2.30. The molecule has 13 heteroatoms. The second-order valence-electron chi connectivity index (χ2n) is 7.94. The van der Waals surface area contributed by atoms with E-state index in [1.807, 2.05) is 16.8 Å². The molecule has 0 aromatic carbocycles. The predicted molar refractivity (Wildman–Crippen MR) is 119 cm³/mol. The van der Waals surface area contributed by atoms with Gasteiger partial charge in [0.15, 0.2) is 5.82 Å². The molecule has 1 amide bonds. The molecule has 0 saturated carbocycles. The van der Waals surface area contributed by atoms with E-state index < -0.39 is 12.0 Å². The molecule has 0 unspecified atom stereocenters. The molecular weight excluding hydrogens is 457 g/mol. The first-order valence-corrected chi connectivity index (χ1v) is 11.5. The first kappa shape index (κ1) is 23.2. The molecule has 33 heavy (non-hydrogen) atoms. The fourth-order valence-corrected chi connectivity index (χ4v) is 4.89. The fourth-order valence-electron chi connectivity index (χ4n) is 3.77. The molecule has 3 aromatic rings. The van der Waals surface area contributed by atoms with Crippen LogP contribution in [0.15, 0.2) is 6.07 Å². The minimum atomic E-state index is -4.54. The summed E-state index contributed by atoms with van der Waals surface area (Å²) in [5.41, 5.74) is 0. The van der Waals surface area contributed by atoms with E-state index in [2.05, 4.69) is 28.5 Å². The largest absolute Gasteiger partial charge is 0.451 e. The van der Waals surface area contributed by atoms with Crippen molar-refractivity contribution in [3.63, 3.8) is 0 Å². The van der Waals surface area contributed by atoms with Crippen LogP contribution in [0.1, 0.15) is 36.8 Å². The van der Waals surface area contributed by atoms with Gasteiger partial charge in [-0.15, -0.1) is 21.5 Å². The number of nitrogens with zero attached hydrogens (tertiary/aromatic N) is 7. The zero-order valence-corrected chi connectivity index (χ0v) is 19.4. The van der Waals surface area contributed by atoms with E-state index in [4.69, 9.17) is 9.97 Å². The van der Waals surface area contributed by atoms with Crippen molar-refractivity contribution in [2.45, 2.75) is 46.0 Å². The van der Waals surface area contributed by atoms with Gasteiger partial charge in [-0.2, -0.15) is 18.2 Å². The Morgan fingerprint density at radius 2 is 2.06 bits per heavy atom. The van der Waals surface area contributed by atoms with Crippen LogP contribution < -0.4 is 15.1 Å². The van der Waals surface area contributed by atoms with Gasteiger partial charge in [-0.05, 0) is 12.5 Å². The van der Waals surface area contributed by atoms with E-state index in [1.165, 1.54) is 11.8 Å². The predicted octanol–water partition coefficient (Wildman–Crippen LogP) is 2.85. The van der Waals surface area contributed by atoms with Crippen LogP contribution in [0, 0.1) is 0 Å². The van der Waals surface area contributed by atoms with E-state index in [-0.39, 0.29) is 24.8 Å². The summed E-state index contributed by atoms with van der Waals surface area (Å²) in [7, 11) is 1.84. The molecule has 3 aromatic heterocycles. The molecule has 0 spiro atoms. The van der Waals surface area contributed by atoms with E-state index >= 15 is 0 Å². The summed E-state index contributed by atoms with van der Waals surface area (Å²) in [6.07, 6.45) is -2.63. The number of hydrogen-bond donors (Lipinski definition) is 1. The van der Waals surface area contributed by atoms with Crippen LogP contribution in [0.25, 0.3) is 10.2 Å². The summed E-state index contributed by atoms with van der Waals surface area (Å²) in [6.45, 7) is 5.15. The average Bonchev–Trinajstić information content (AvgIpc) is 3.35. The van der Waals surface area contributed by atoms with Crippen LogP contribution in [0.3, 0.4) is 0 Å². The standard InChI is InChI=1S/C20H25F3N8OS/c1-4-5-13-10-14-16(25-19(26-17(14)33-13)29(3)7-6-24-12(2)32)30-8-9-31-15(11-30)27-28-18(31)20(21,22)23/h10H,4-9,11H2,1-3H3,(H,24,32). The first-order valence-electron chi connectivity index (χ1n) is 10.7. The van der Waals surface area contributed by atoms with Crippen molar-refractivity contribution in [3.8, 4) is 0 Å². The van der Waals surface area contributed by atoms with Crippen LogP contribution in [0.5, 0.6) is 0 Å². The van der Waals surface area contributed by atoms with Crippen molar-refractivity contribution in [3.05, 3.63) is 22.6 Å². The van der Waals surface area contributed by atoms with Gasteiger partial charge in [0.1, 0.15) is 10.6 Å². The van der Waals surface area contributed by atoms with Gasteiger partial charge in [-0.1, -0.05) is 13.3 Å². The monoisotopic (exact) mass is 482 g/mol. The molecule has 0 bridgehead atoms. The van der Waals surface area contributed by atoms with Gasteiger partial charge in [0.2, 0.25) is 17.7 Å². The Bertz CT molecular complexity index is 1160. The number of rotatable bonds is 7. The van der Waals surface area contributed by atoms with E-state index in [0.29, 0.717) is 31.4 Å². The lowest BCUT2D eigenvalue weighted by Crippen LogP contribution is -2.36. The Morgan fingerprint density at radius 1 is 1.27 bits per heavy atom. The van der Waals surface area contributed by atoms with Crippen molar-refractivity contribution >= 4 is 39.2 Å². The molecule has 9 nitrogen and oxygen atoms in total. The highest BCUT2D eigenvalue weighted by Crippen LogP contribution is 2.35. The molecule has 0 aliphatic carbocycles. The topological polar surface area (TPSA) is 92.1 Å². The zero-order chi connectivity index (χ0) is 23.8. The number of fused-ring (bicyclic) bond motifs is 2. The second kappa shape index (κ2) is 9.12. The maximum Gasteiger partial charge on any atom is 0.451 e. The van der Waals surface area contributed by atoms with Crippen molar-refractivity contribution in [2.24, 2.45) is 0 Å². The zero-order valence-electron chi connectivity index (χ0n) is 18.6. The van der Waals surface area contributed by atoms with Gasteiger partial charge in [-0.3, -0.25) is 4.79 Å². The van der Waals surface area contributed by atoms with E-state index in [0.717, 1.165) is 27.6 Å². The molecule has 1 N–H and O–H groups in total. The third-order valence-corrected chi connectivity index (χ3v) is 6.47. The number of carbonyl (C=O) groups excluding carboxylic acids is 1. The number of likely N-dealkylation sites (N-methyl/N-ethyl adjacent to an activating group) is 1. The van der Waals surface area contributed by atoms with Crippen molar-refractivity contribution < 1.29 is 18.0 Å². The summed E-state index contributed by atoms with van der Waals surface area (Å²) in [4.78, 5) is 26.5. The highest BCUT2D eigenvalue weighted by atomic mass is 32.1. The number of thiophene rings is 1. The molecule has 1 aliphatic rings. The third-order valence-electron chi connectivity index (χ3n) is 5.38. The summed E-state index contributed by atoms with van der Waals surface area (Å²) in [5.74, 6) is 0.339. The number of aryl methyl sites for hydroxylation is 1. The number of amides is 1. The molecule has 4 heterocycles. The number of halogens is 3. The summed E-state index contributed by atoms with van der Waals surface area (Å²) in [5, 5.41) is 10.8. The summed E-state index contributed by atoms with van der Waals surface area (Å²) < 4.78 is 40.8.